The first-order valence-corrected chi connectivity index (χ1v) is 11.0. The molecule has 0 fully saturated rings. The van der Waals surface area contributed by atoms with Crippen LogP contribution in [0.3, 0.4) is 0 Å². The molecule has 1 atom stereocenters. The van der Waals surface area contributed by atoms with Crippen molar-refractivity contribution < 1.29 is 0 Å². The average molecular weight is 516 g/mol. The minimum absolute atomic E-state index is 0.725. The number of halogens is 3. The Morgan fingerprint density at radius 3 is 2.42 bits per heavy atom. The summed E-state index contributed by atoms with van der Waals surface area (Å²) in [4.78, 5) is 0. The van der Waals surface area contributed by atoms with Crippen LogP contribution >= 0.6 is 47.8 Å². The first kappa shape index (κ1) is 18.5. The van der Waals surface area contributed by atoms with E-state index in [1.807, 2.05) is 0 Å². The lowest BCUT2D eigenvalue weighted by molar-refractivity contribution is 0.401. The highest BCUT2D eigenvalue weighted by Gasteiger charge is 2.17. The summed E-state index contributed by atoms with van der Waals surface area (Å²) in [6, 6.07) is 11.0. The van der Waals surface area contributed by atoms with Crippen molar-refractivity contribution >= 4 is 69.6 Å². The molecule has 1 nitrogen and oxygen atoms in total. The summed E-state index contributed by atoms with van der Waals surface area (Å²) in [5, 5.41) is 2.62. The van der Waals surface area contributed by atoms with Crippen molar-refractivity contribution in [2.24, 2.45) is 5.92 Å². The highest BCUT2D eigenvalue weighted by atomic mass is 79.9. The van der Waals surface area contributed by atoms with Crippen molar-refractivity contribution in [3.8, 4) is 0 Å². The van der Waals surface area contributed by atoms with Crippen LogP contribution in [-0.4, -0.2) is 4.57 Å². The predicted octanol–water partition coefficient (Wildman–Crippen LogP) is 8.30. The molecule has 0 radical (unpaired) electrons. The second-order valence-electron chi connectivity index (χ2n) is 6.47. The monoisotopic (exact) mass is 513 g/mol. The topological polar surface area (TPSA) is 4.93 Å². The van der Waals surface area contributed by atoms with Gasteiger partial charge in [-0.25, -0.2) is 0 Å². The van der Waals surface area contributed by atoms with E-state index in [0.29, 0.717) is 0 Å². The van der Waals surface area contributed by atoms with Crippen molar-refractivity contribution in [2.45, 2.75) is 46.1 Å². The Balaban J connectivity index is 2.20. The zero-order chi connectivity index (χ0) is 17.3. The number of rotatable bonds is 6. The van der Waals surface area contributed by atoms with E-state index in [9.17, 15) is 0 Å². The van der Waals surface area contributed by atoms with Gasteiger partial charge in [0.05, 0.1) is 5.52 Å². The van der Waals surface area contributed by atoms with Crippen LogP contribution in [-0.2, 0) is 6.54 Å². The smallest absolute Gasteiger partial charge is 0.0636 e. The van der Waals surface area contributed by atoms with Crippen LogP contribution in [0.15, 0.2) is 43.7 Å². The van der Waals surface area contributed by atoms with Gasteiger partial charge >= 0.3 is 0 Å². The SMILES string of the molecule is CCCCC(CC)Cn1c2ccc(Br)cc2c2cc(Br)cc(Br)c21. The van der Waals surface area contributed by atoms with Gasteiger partial charge < -0.3 is 4.57 Å². The minimum atomic E-state index is 0.725. The fraction of sp³-hybridized carbons (Fsp3) is 0.400. The van der Waals surface area contributed by atoms with Gasteiger partial charge in [-0.15, -0.1) is 0 Å². The van der Waals surface area contributed by atoms with Crippen molar-refractivity contribution in [3.05, 3.63) is 43.7 Å². The second-order valence-corrected chi connectivity index (χ2v) is 9.16. The van der Waals surface area contributed by atoms with Crippen LogP contribution in [0.2, 0.25) is 0 Å². The Hall–Kier alpha value is -0.320. The molecule has 3 aromatic rings. The summed E-state index contributed by atoms with van der Waals surface area (Å²) in [5.74, 6) is 0.725. The fourth-order valence-electron chi connectivity index (χ4n) is 3.49. The second kappa shape index (κ2) is 7.92. The Morgan fingerprint density at radius 2 is 1.71 bits per heavy atom. The molecule has 0 aliphatic heterocycles. The summed E-state index contributed by atoms with van der Waals surface area (Å²) in [5.41, 5.74) is 2.63. The molecule has 24 heavy (non-hydrogen) atoms. The van der Waals surface area contributed by atoms with Crippen molar-refractivity contribution in [1.82, 2.24) is 4.57 Å². The Bertz CT molecular complexity index is 866. The molecule has 0 saturated carbocycles. The van der Waals surface area contributed by atoms with Crippen LogP contribution in [0.25, 0.3) is 21.8 Å². The molecule has 4 heteroatoms. The van der Waals surface area contributed by atoms with Crippen molar-refractivity contribution in [3.63, 3.8) is 0 Å². The van der Waals surface area contributed by atoms with Gasteiger partial charge in [0.25, 0.3) is 0 Å². The van der Waals surface area contributed by atoms with E-state index in [-0.39, 0.29) is 0 Å². The van der Waals surface area contributed by atoms with E-state index in [4.69, 9.17) is 0 Å². The average Bonchev–Trinajstić information content (AvgIpc) is 2.84. The zero-order valence-corrected chi connectivity index (χ0v) is 18.8. The number of hydrogen-bond acceptors (Lipinski definition) is 0. The molecule has 0 aliphatic carbocycles. The highest BCUT2D eigenvalue weighted by molar-refractivity contribution is 9.11. The molecule has 128 valence electrons. The lowest BCUT2D eigenvalue weighted by Crippen LogP contribution is -2.10. The van der Waals surface area contributed by atoms with E-state index in [1.54, 1.807) is 0 Å². The molecule has 0 aliphatic rings. The van der Waals surface area contributed by atoms with Crippen LogP contribution < -0.4 is 0 Å². The molecule has 1 aromatic heterocycles. The summed E-state index contributed by atoms with van der Waals surface area (Å²) in [6.07, 6.45) is 5.12. The normalized spacial score (nSPS) is 13.0. The largest absolute Gasteiger partial charge is 0.339 e. The molecule has 0 bridgehead atoms. The van der Waals surface area contributed by atoms with Gasteiger partial charge in [-0.1, -0.05) is 65.0 Å². The van der Waals surface area contributed by atoms with E-state index in [2.05, 4.69) is 96.5 Å². The maximum absolute atomic E-state index is 3.80. The number of hydrogen-bond donors (Lipinski definition) is 0. The summed E-state index contributed by atoms with van der Waals surface area (Å²) >= 11 is 11.1. The first-order chi connectivity index (χ1) is 11.5. The molecule has 0 spiro atoms. The number of unbranched alkanes of at least 4 members (excludes halogenated alkanes) is 1. The highest BCUT2D eigenvalue weighted by Crippen LogP contribution is 2.38. The first-order valence-electron chi connectivity index (χ1n) is 8.61. The maximum Gasteiger partial charge on any atom is 0.0636 e. The molecule has 2 aromatic carbocycles. The van der Waals surface area contributed by atoms with Crippen LogP contribution in [0, 0.1) is 5.92 Å². The Kier molecular flexibility index (Phi) is 6.10. The Morgan fingerprint density at radius 1 is 0.958 bits per heavy atom. The van der Waals surface area contributed by atoms with Crippen molar-refractivity contribution in [2.75, 3.05) is 0 Å². The molecule has 0 N–H and O–H groups in total. The van der Waals surface area contributed by atoms with Gasteiger partial charge in [-0.3, -0.25) is 0 Å². The third kappa shape index (κ3) is 3.61. The van der Waals surface area contributed by atoms with E-state index >= 15 is 0 Å². The number of nitrogens with zero attached hydrogens (tertiary/aromatic N) is 1. The summed E-state index contributed by atoms with van der Waals surface area (Å²) < 4.78 is 5.91. The molecule has 0 saturated heterocycles. The standard InChI is InChI=1S/C20H22Br3N/c1-3-5-6-13(4-2)12-24-19-8-7-14(21)9-16(19)17-10-15(22)11-18(23)20(17)24/h7-11,13H,3-6,12H2,1-2H3. The number of fused-ring (bicyclic) bond motifs is 3. The van der Waals surface area contributed by atoms with Gasteiger partial charge in [0.2, 0.25) is 0 Å². The van der Waals surface area contributed by atoms with Crippen LogP contribution in [0.5, 0.6) is 0 Å². The molecular formula is C20H22Br3N. The van der Waals surface area contributed by atoms with Gasteiger partial charge in [-0.2, -0.15) is 0 Å². The predicted molar refractivity (Wildman–Crippen MR) is 116 cm³/mol. The maximum atomic E-state index is 3.80. The van der Waals surface area contributed by atoms with Crippen LogP contribution in [0.4, 0.5) is 0 Å². The minimum Gasteiger partial charge on any atom is -0.339 e. The van der Waals surface area contributed by atoms with E-state index < -0.39 is 0 Å². The quantitative estimate of drug-likeness (QED) is 0.311. The molecular weight excluding hydrogens is 494 g/mol. The van der Waals surface area contributed by atoms with Gasteiger partial charge in [0.1, 0.15) is 0 Å². The summed E-state index contributed by atoms with van der Waals surface area (Å²) in [7, 11) is 0. The lowest BCUT2D eigenvalue weighted by Gasteiger charge is -2.18. The number of benzene rings is 2. The van der Waals surface area contributed by atoms with Crippen LogP contribution in [0.1, 0.15) is 39.5 Å². The van der Waals surface area contributed by atoms with Gasteiger partial charge in [-0.05, 0) is 58.6 Å². The zero-order valence-electron chi connectivity index (χ0n) is 14.1. The Labute approximate surface area is 169 Å². The molecule has 1 unspecified atom stereocenters. The molecule has 3 rings (SSSR count). The fourth-order valence-corrected chi connectivity index (χ4v) is 5.29. The van der Waals surface area contributed by atoms with Gasteiger partial charge in [0.15, 0.2) is 0 Å². The van der Waals surface area contributed by atoms with Gasteiger partial charge in [0, 0.05) is 36.3 Å². The third-order valence-corrected chi connectivity index (χ3v) is 6.38. The summed E-state index contributed by atoms with van der Waals surface area (Å²) in [6.45, 7) is 5.67. The third-order valence-electron chi connectivity index (χ3n) is 4.82. The van der Waals surface area contributed by atoms with Crippen molar-refractivity contribution in [1.29, 1.82) is 0 Å². The molecule has 0 amide bonds. The number of aromatic nitrogens is 1. The lowest BCUT2D eigenvalue weighted by atomic mass is 9.99. The van der Waals surface area contributed by atoms with E-state index in [0.717, 1.165) is 25.9 Å². The van der Waals surface area contributed by atoms with E-state index in [1.165, 1.54) is 47.5 Å². The molecule has 1 heterocycles.